The summed E-state index contributed by atoms with van der Waals surface area (Å²) in [5, 5.41) is 22.5. The van der Waals surface area contributed by atoms with Crippen molar-refractivity contribution in [2.75, 3.05) is 24.7 Å². The van der Waals surface area contributed by atoms with E-state index in [1.54, 1.807) is 20.2 Å². The lowest BCUT2D eigenvalue weighted by Gasteiger charge is -2.31. The van der Waals surface area contributed by atoms with E-state index in [4.69, 9.17) is 5.73 Å². The second-order valence-corrected chi connectivity index (χ2v) is 15.5. The number of para-hydroxylation sites is 1. The zero-order chi connectivity index (χ0) is 38.0. The molecular formula is C39H62N6O6. The zero-order valence-corrected chi connectivity index (χ0v) is 31.9. The number of carbonyl (C=O) groups is 3. The monoisotopic (exact) mass is 710 g/mol. The summed E-state index contributed by atoms with van der Waals surface area (Å²) in [6.45, 7) is 11.8. The number of carbonyl (C=O) groups excluding carboxylic acids is 3. The molecule has 2 fully saturated rings. The molecule has 2 aromatic carbocycles. The Kier molecular flexibility index (Phi) is 15.5. The topological polar surface area (TPSA) is 183 Å². The minimum absolute atomic E-state index is 0.00194. The van der Waals surface area contributed by atoms with E-state index >= 15 is 0 Å². The molecule has 51 heavy (non-hydrogen) atoms. The molecular weight excluding hydrogens is 648 g/mol. The number of amides is 3. The van der Waals surface area contributed by atoms with Crippen LogP contribution >= 0.6 is 0 Å². The highest BCUT2D eigenvalue weighted by atomic mass is 16.3. The van der Waals surface area contributed by atoms with Gasteiger partial charge in [-0.2, -0.15) is 0 Å². The smallest absolute Gasteiger partial charge is 0.257 e. The summed E-state index contributed by atoms with van der Waals surface area (Å²) in [6.07, 6.45) is 12.2. The van der Waals surface area contributed by atoms with Gasteiger partial charge in [-0.05, 0) is 75.3 Å². The third-order valence-electron chi connectivity index (χ3n) is 10.6. The molecule has 4 rings (SSSR count). The number of nitrogens with one attached hydrogen (secondary N) is 4. The average molecular weight is 711 g/mol. The van der Waals surface area contributed by atoms with Gasteiger partial charge in [0.15, 0.2) is 5.75 Å². The van der Waals surface area contributed by atoms with Crippen LogP contribution in [0.15, 0.2) is 27.8 Å². The van der Waals surface area contributed by atoms with Crippen molar-refractivity contribution in [3.8, 4) is 5.75 Å². The van der Waals surface area contributed by atoms with Crippen LogP contribution in [0.25, 0.3) is 0 Å². The molecule has 0 aromatic heterocycles. The molecule has 7 N–H and O–H groups in total. The standard InChI is InChI=1S/C26H36N4O5.C13H26N2O/c1-14(2)19(25(34)27-15(3)16-10-7-6-8-11-16)29-21-20(23(32)24(21)33)28-18-13-9-12-17(22(18)31)26(35)30(4)5;1-9(2)12(14)13(16)15-10(3)11-7-5-4-6-8-11/h9,12-16,19,28-29,31H,6-8,10-11H2,1-5H3,(H,27,34);9-12H,4-8,14H2,1-3H3,(H,15,16)/t15-,19+;10-,12+/m00/s1. The van der Waals surface area contributed by atoms with Crippen molar-refractivity contribution in [3.05, 3.63) is 44.2 Å². The van der Waals surface area contributed by atoms with Crippen molar-refractivity contribution in [3.63, 3.8) is 0 Å². The SMILES string of the molecule is CC(C)[C@@H](N)C(=O)N[C@@H](C)C1CCCCC1.CC(C)[C@@H](Nc1c(Nc2cccc(C(=O)N(C)C)c2O)c(=O)c1=O)C(=O)N[C@@H](C)C1CCCCC1. The molecule has 0 heterocycles. The molecule has 2 aliphatic carbocycles. The Hall–Kier alpha value is -3.93. The largest absolute Gasteiger partial charge is 0.505 e. The minimum atomic E-state index is -0.755. The predicted molar refractivity (Wildman–Crippen MR) is 204 cm³/mol. The molecule has 2 aromatic rings. The fraction of sp³-hybridized carbons (Fsp3) is 0.667. The second-order valence-electron chi connectivity index (χ2n) is 15.5. The van der Waals surface area contributed by atoms with E-state index in [2.05, 4.69) is 28.2 Å². The molecule has 0 spiro atoms. The molecule has 284 valence electrons. The van der Waals surface area contributed by atoms with Crippen LogP contribution in [0.4, 0.5) is 17.1 Å². The Balaban J connectivity index is 0.000000367. The summed E-state index contributed by atoms with van der Waals surface area (Å²) in [5.74, 6) is 0.189. The van der Waals surface area contributed by atoms with Gasteiger partial charge in [-0.3, -0.25) is 24.0 Å². The second kappa shape index (κ2) is 19.1. The van der Waals surface area contributed by atoms with E-state index in [0.29, 0.717) is 11.8 Å². The normalized spacial score (nSPS) is 17.9. The number of nitrogens with two attached hydrogens (primary N) is 1. The number of nitrogens with zero attached hydrogens (tertiary/aromatic N) is 1. The van der Waals surface area contributed by atoms with E-state index in [0.717, 1.165) is 12.8 Å². The van der Waals surface area contributed by atoms with E-state index in [-0.39, 0.29) is 70.2 Å². The van der Waals surface area contributed by atoms with Gasteiger partial charge in [0, 0.05) is 26.2 Å². The number of phenols is 1. The Morgan fingerprint density at radius 3 is 1.71 bits per heavy atom. The highest BCUT2D eigenvalue weighted by Crippen LogP contribution is 2.33. The first kappa shape index (κ1) is 41.5. The molecule has 2 saturated carbocycles. The van der Waals surface area contributed by atoms with Gasteiger partial charge in [0.25, 0.3) is 16.8 Å². The van der Waals surface area contributed by atoms with Gasteiger partial charge in [0.1, 0.15) is 17.4 Å². The van der Waals surface area contributed by atoms with Crippen LogP contribution in [-0.2, 0) is 9.59 Å². The minimum Gasteiger partial charge on any atom is -0.505 e. The molecule has 0 radical (unpaired) electrons. The number of phenolic OH excluding ortho intramolecular Hbond substituents is 1. The number of hydrogen-bond donors (Lipinski definition) is 6. The summed E-state index contributed by atoms with van der Waals surface area (Å²) in [4.78, 5) is 63.3. The van der Waals surface area contributed by atoms with Crippen LogP contribution in [0.5, 0.6) is 5.75 Å². The predicted octanol–water partition coefficient (Wildman–Crippen LogP) is 5.01. The molecule has 2 aliphatic rings. The van der Waals surface area contributed by atoms with Crippen molar-refractivity contribution >= 4 is 34.8 Å². The van der Waals surface area contributed by atoms with Gasteiger partial charge in [-0.1, -0.05) is 72.3 Å². The van der Waals surface area contributed by atoms with Crippen LogP contribution in [0, 0.1) is 23.7 Å². The summed E-state index contributed by atoms with van der Waals surface area (Å²) in [7, 11) is 3.12. The van der Waals surface area contributed by atoms with Crippen molar-refractivity contribution in [1.29, 1.82) is 0 Å². The maximum Gasteiger partial charge on any atom is 0.257 e. The first-order valence-corrected chi connectivity index (χ1v) is 18.8. The summed E-state index contributed by atoms with van der Waals surface area (Å²) in [5.41, 5.74) is 4.47. The van der Waals surface area contributed by atoms with Crippen molar-refractivity contribution in [2.45, 2.75) is 130 Å². The first-order valence-electron chi connectivity index (χ1n) is 18.8. The average Bonchev–Trinajstić information content (AvgIpc) is 3.11. The fourth-order valence-electron chi connectivity index (χ4n) is 6.97. The van der Waals surface area contributed by atoms with Crippen LogP contribution in [0.3, 0.4) is 0 Å². The fourth-order valence-corrected chi connectivity index (χ4v) is 6.97. The molecule has 0 bridgehead atoms. The Morgan fingerprint density at radius 1 is 0.745 bits per heavy atom. The number of anilines is 3. The zero-order valence-electron chi connectivity index (χ0n) is 31.9. The first-order chi connectivity index (χ1) is 24.0. The quantitative estimate of drug-likeness (QED) is 0.123. The van der Waals surface area contributed by atoms with Gasteiger partial charge in [-0.15, -0.1) is 0 Å². The van der Waals surface area contributed by atoms with Gasteiger partial charge in [0.2, 0.25) is 11.8 Å². The molecule has 0 saturated heterocycles. The van der Waals surface area contributed by atoms with E-state index < -0.39 is 22.8 Å². The highest BCUT2D eigenvalue weighted by Gasteiger charge is 2.31. The van der Waals surface area contributed by atoms with Crippen LogP contribution in [-0.4, -0.2) is 66.0 Å². The summed E-state index contributed by atoms with van der Waals surface area (Å²) in [6, 6.07) is 3.74. The molecule has 12 heteroatoms. The number of rotatable bonds is 13. The Bertz CT molecular complexity index is 1540. The summed E-state index contributed by atoms with van der Waals surface area (Å²) < 4.78 is 0. The third-order valence-corrected chi connectivity index (χ3v) is 10.6. The van der Waals surface area contributed by atoms with Crippen LogP contribution < -0.4 is 37.9 Å². The molecule has 12 nitrogen and oxygen atoms in total. The van der Waals surface area contributed by atoms with E-state index in [1.165, 1.54) is 68.4 Å². The van der Waals surface area contributed by atoms with Gasteiger partial charge in [0.05, 0.1) is 17.3 Å². The van der Waals surface area contributed by atoms with Crippen LogP contribution in [0.1, 0.15) is 116 Å². The van der Waals surface area contributed by atoms with Gasteiger partial charge >= 0.3 is 0 Å². The van der Waals surface area contributed by atoms with Gasteiger partial charge < -0.3 is 37.0 Å². The maximum absolute atomic E-state index is 13.1. The highest BCUT2D eigenvalue weighted by molar-refractivity contribution is 5.99. The number of hydrogen-bond acceptors (Lipinski definition) is 9. The summed E-state index contributed by atoms with van der Waals surface area (Å²) >= 11 is 0. The Morgan fingerprint density at radius 2 is 1.24 bits per heavy atom. The van der Waals surface area contributed by atoms with Crippen molar-refractivity contribution in [2.24, 2.45) is 29.4 Å². The lowest BCUT2D eigenvalue weighted by atomic mass is 9.84. The number of benzene rings is 1. The number of aromatic hydroxyl groups is 1. The molecule has 0 aliphatic heterocycles. The lowest BCUT2D eigenvalue weighted by molar-refractivity contribution is -0.124. The lowest BCUT2D eigenvalue weighted by Crippen LogP contribution is -2.50. The van der Waals surface area contributed by atoms with Crippen molar-refractivity contribution in [1.82, 2.24) is 15.5 Å². The maximum atomic E-state index is 13.1. The van der Waals surface area contributed by atoms with Crippen molar-refractivity contribution < 1.29 is 19.5 Å². The van der Waals surface area contributed by atoms with E-state index in [1.807, 2.05) is 34.6 Å². The molecule has 0 unspecified atom stereocenters. The van der Waals surface area contributed by atoms with Crippen LogP contribution in [0.2, 0.25) is 0 Å². The molecule has 3 amide bonds. The van der Waals surface area contributed by atoms with Gasteiger partial charge in [-0.25, -0.2) is 0 Å². The Labute approximate surface area is 303 Å². The molecule has 4 atom stereocenters. The third kappa shape index (κ3) is 11.0. The van der Waals surface area contributed by atoms with E-state index in [9.17, 15) is 29.1 Å².